The molecule has 1 amide bonds. The molecule has 1 saturated carbocycles. The lowest BCUT2D eigenvalue weighted by atomic mass is 9.81. The van der Waals surface area contributed by atoms with Crippen molar-refractivity contribution in [3.63, 3.8) is 0 Å². The van der Waals surface area contributed by atoms with Gasteiger partial charge in [-0.15, -0.1) is 0 Å². The van der Waals surface area contributed by atoms with Gasteiger partial charge in [0.25, 0.3) is 0 Å². The summed E-state index contributed by atoms with van der Waals surface area (Å²) in [5.74, 6) is 0.608. The van der Waals surface area contributed by atoms with Crippen molar-refractivity contribution >= 4 is 11.8 Å². The number of anilines is 1. The second-order valence-electron chi connectivity index (χ2n) is 8.31. The zero-order chi connectivity index (χ0) is 18.3. The quantitative estimate of drug-likeness (QED) is 0.814. The Morgan fingerprint density at radius 1 is 1.23 bits per heavy atom. The molecule has 6 heteroatoms. The fourth-order valence-corrected chi connectivity index (χ4v) is 5.16. The zero-order valence-corrected chi connectivity index (χ0v) is 16.0. The number of likely N-dealkylation sites (N-methyl/N-ethyl adjacent to an activating group) is 2. The molecule has 3 aliphatic rings. The van der Waals surface area contributed by atoms with Gasteiger partial charge in [0.05, 0.1) is 6.17 Å². The van der Waals surface area contributed by atoms with Crippen molar-refractivity contribution in [3.05, 3.63) is 23.8 Å². The summed E-state index contributed by atoms with van der Waals surface area (Å²) in [6, 6.07) is 6.37. The number of hydrazine groups is 1. The van der Waals surface area contributed by atoms with Gasteiger partial charge in [0, 0.05) is 30.7 Å². The maximum absolute atomic E-state index is 12.2. The molecule has 142 valence electrons. The first-order valence-corrected chi connectivity index (χ1v) is 9.80. The molecule has 2 aliphatic heterocycles. The Balaban J connectivity index is 1.43. The molecule has 0 spiro atoms. The summed E-state index contributed by atoms with van der Waals surface area (Å²) in [6.45, 7) is 3.40. The number of nitrogens with zero attached hydrogens (tertiary/aromatic N) is 2. The predicted molar refractivity (Wildman–Crippen MR) is 102 cm³/mol. The number of carbonyl (C=O) groups is 1. The van der Waals surface area contributed by atoms with Gasteiger partial charge in [-0.2, -0.15) is 0 Å². The molecular formula is C20H30N4O2. The molecule has 0 bridgehead atoms. The largest absolute Gasteiger partial charge is 0.427 e. The highest BCUT2D eigenvalue weighted by Crippen LogP contribution is 2.51. The Bertz CT molecular complexity index is 688. The second kappa shape index (κ2) is 6.74. The minimum Gasteiger partial charge on any atom is -0.409 e. The number of carbonyl (C=O) groups excluding carboxylic acids is 1. The van der Waals surface area contributed by atoms with E-state index < -0.39 is 6.09 Å². The number of hydrogen-bond acceptors (Lipinski definition) is 5. The van der Waals surface area contributed by atoms with Gasteiger partial charge in [0.2, 0.25) is 0 Å². The van der Waals surface area contributed by atoms with Gasteiger partial charge in [0.1, 0.15) is 5.75 Å². The molecule has 0 aromatic heterocycles. The van der Waals surface area contributed by atoms with Crippen LogP contribution in [-0.4, -0.2) is 43.8 Å². The molecule has 1 aliphatic carbocycles. The van der Waals surface area contributed by atoms with Crippen LogP contribution in [-0.2, 0) is 5.41 Å². The summed E-state index contributed by atoms with van der Waals surface area (Å²) in [6.07, 6.45) is 7.01. The van der Waals surface area contributed by atoms with Crippen LogP contribution in [0.3, 0.4) is 0 Å². The third-order valence-electron chi connectivity index (χ3n) is 6.50. The molecule has 6 nitrogen and oxygen atoms in total. The molecule has 26 heavy (non-hydrogen) atoms. The fraction of sp³-hybridized carbons (Fsp3) is 0.650. The molecule has 1 aromatic carbocycles. The van der Waals surface area contributed by atoms with Crippen LogP contribution in [0.1, 0.15) is 51.0 Å². The SMILES string of the molecule is CN1CC[C@@]2(C)c3cc(OC(=O)NNC4CCCCC4)ccc3N(C)[C@@H]12. The minimum absolute atomic E-state index is 0.0784. The molecule has 2 atom stereocenters. The van der Waals surface area contributed by atoms with E-state index in [0.29, 0.717) is 18.0 Å². The third-order valence-corrected chi connectivity index (χ3v) is 6.50. The molecular weight excluding hydrogens is 328 g/mol. The Kier molecular flexibility index (Phi) is 4.57. The van der Waals surface area contributed by atoms with Crippen LogP contribution < -0.4 is 20.5 Å². The van der Waals surface area contributed by atoms with E-state index in [-0.39, 0.29) is 5.41 Å². The molecule has 0 radical (unpaired) electrons. The average molecular weight is 358 g/mol. The van der Waals surface area contributed by atoms with Crippen molar-refractivity contribution < 1.29 is 9.53 Å². The van der Waals surface area contributed by atoms with E-state index >= 15 is 0 Å². The number of fused-ring (bicyclic) bond motifs is 3. The highest BCUT2D eigenvalue weighted by atomic mass is 16.6. The molecule has 1 aromatic rings. The Hall–Kier alpha value is -1.79. The van der Waals surface area contributed by atoms with Crippen LogP contribution in [0.25, 0.3) is 0 Å². The van der Waals surface area contributed by atoms with Crippen molar-refractivity contribution in [1.29, 1.82) is 0 Å². The fourth-order valence-electron chi connectivity index (χ4n) is 5.16. The van der Waals surface area contributed by atoms with Gasteiger partial charge in [-0.25, -0.2) is 10.2 Å². The smallest absolute Gasteiger partial charge is 0.409 e. The van der Waals surface area contributed by atoms with E-state index in [1.54, 1.807) is 0 Å². The van der Waals surface area contributed by atoms with Gasteiger partial charge in [0.15, 0.2) is 0 Å². The van der Waals surface area contributed by atoms with Crippen LogP contribution in [0.5, 0.6) is 5.75 Å². The van der Waals surface area contributed by atoms with Crippen LogP contribution in [0.2, 0.25) is 0 Å². The summed E-state index contributed by atoms with van der Waals surface area (Å²) in [4.78, 5) is 16.9. The van der Waals surface area contributed by atoms with E-state index in [2.05, 4.69) is 47.7 Å². The van der Waals surface area contributed by atoms with Crippen LogP contribution in [0, 0.1) is 0 Å². The summed E-state index contributed by atoms with van der Waals surface area (Å²) in [7, 11) is 4.33. The normalized spacial score (nSPS) is 28.7. The van der Waals surface area contributed by atoms with E-state index in [9.17, 15) is 4.79 Å². The lowest BCUT2D eigenvalue weighted by Gasteiger charge is -2.32. The highest BCUT2D eigenvalue weighted by Gasteiger charge is 2.52. The molecule has 2 heterocycles. The first kappa shape index (κ1) is 17.6. The molecule has 0 unspecified atom stereocenters. The van der Waals surface area contributed by atoms with Crippen molar-refractivity contribution in [1.82, 2.24) is 15.8 Å². The first-order chi connectivity index (χ1) is 12.5. The Morgan fingerprint density at radius 3 is 2.77 bits per heavy atom. The number of hydrogen-bond donors (Lipinski definition) is 2. The summed E-state index contributed by atoms with van der Waals surface area (Å²) < 4.78 is 5.54. The van der Waals surface area contributed by atoms with Gasteiger partial charge >= 0.3 is 6.09 Å². The summed E-state index contributed by atoms with van der Waals surface area (Å²) in [5.41, 5.74) is 8.41. The van der Waals surface area contributed by atoms with E-state index in [1.165, 1.54) is 30.5 Å². The van der Waals surface area contributed by atoms with Crippen LogP contribution in [0.4, 0.5) is 10.5 Å². The van der Waals surface area contributed by atoms with E-state index in [1.807, 2.05) is 12.1 Å². The lowest BCUT2D eigenvalue weighted by Crippen LogP contribution is -2.46. The van der Waals surface area contributed by atoms with Crippen molar-refractivity contribution in [2.24, 2.45) is 0 Å². The number of amides is 1. The maximum atomic E-state index is 12.2. The molecule has 4 rings (SSSR count). The van der Waals surface area contributed by atoms with Gasteiger partial charge in [-0.05, 0) is 50.1 Å². The number of likely N-dealkylation sites (tertiary alicyclic amines) is 1. The maximum Gasteiger partial charge on any atom is 0.427 e. The monoisotopic (exact) mass is 358 g/mol. The molecule has 2 N–H and O–H groups in total. The Morgan fingerprint density at radius 2 is 2.00 bits per heavy atom. The number of ether oxygens (including phenoxy) is 1. The van der Waals surface area contributed by atoms with Gasteiger partial charge in [-0.1, -0.05) is 26.2 Å². The Labute approximate surface area is 155 Å². The first-order valence-electron chi connectivity index (χ1n) is 9.80. The third kappa shape index (κ3) is 2.95. The number of benzene rings is 1. The van der Waals surface area contributed by atoms with E-state index in [4.69, 9.17) is 4.74 Å². The minimum atomic E-state index is -0.438. The van der Waals surface area contributed by atoms with Gasteiger partial charge in [-0.3, -0.25) is 10.3 Å². The second-order valence-corrected chi connectivity index (χ2v) is 8.31. The predicted octanol–water partition coefficient (Wildman–Crippen LogP) is 2.98. The standard InChI is InChI=1S/C20H30N4O2/c1-20-11-12-23(2)18(20)24(3)17-10-9-15(13-16(17)20)26-19(25)22-21-14-7-5-4-6-8-14/h9-10,13-14,18,21H,4-8,11-12H2,1-3H3,(H,22,25)/t18-,20+/m1/s1. The van der Waals surface area contributed by atoms with Crippen molar-refractivity contribution in [3.8, 4) is 5.75 Å². The van der Waals surface area contributed by atoms with Crippen molar-refractivity contribution in [2.45, 2.75) is 63.1 Å². The summed E-state index contributed by atoms with van der Waals surface area (Å²) >= 11 is 0. The number of nitrogens with one attached hydrogen (secondary N) is 2. The zero-order valence-electron chi connectivity index (χ0n) is 16.0. The number of rotatable bonds is 3. The molecule has 1 saturated heterocycles. The van der Waals surface area contributed by atoms with Gasteiger partial charge < -0.3 is 9.64 Å². The molecule has 2 fully saturated rings. The summed E-state index contributed by atoms with van der Waals surface area (Å²) in [5, 5.41) is 0. The average Bonchev–Trinajstić information content (AvgIpc) is 3.06. The van der Waals surface area contributed by atoms with Crippen molar-refractivity contribution in [2.75, 3.05) is 25.5 Å². The lowest BCUT2D eigenvalue weighted by molar-refractivity contribution is 0.189. The van der Waals surface area contributed by atoms with E-state index in [0.717, 1.165) is 25.8 Å². The van der Waals surface area contributed by atoms with Crippen LogP contribution in [0.15, 0.2) is 18.2 Å². The topological polar surface area (TPSA) is 56.8 Å². The highest BCUT2D eigenvalue weighted by molar-refractivity contribution is 5.72. The van der Waals surface area contributed by atoms with Crippen LogP contribution >= 0.6 is 0 Å².